The first-order chi connectivity index (χ1) is 14.7. The first-order valence-electron chi connectivity index (χ1n) is 9.70. The zero-order chi connectivity index (χ0) is 22.2. The van der Waals surface area contributed by atoms with Crippen LogP contribution in [0.15, 0.2) is 53.9 Å². The van der Waals surface area contributed by atoms with Gasteiger partial charge in [0.1, 0.15) is 24.3 Å². The summed E-state index contributed by atoms with van der Waals surface area (Å²) in [5.41, 5.74) is 1.88. The molecule has 0 amide bonds. The summed E-state index contributed by atoms with van der Waals surface area (Å²) in [7, 11) is -4.33. The lowest BCUT2D eigenvalue weighted by Gasteiger charge is -2.19. The van der Waals surface area contributed by atoms with E-state index in [1.807, 2.05) is 6.92 Å². The van der Waals surface area contributed by atoms with Gasteiger partial charge in [-0.1, -0.05) is 12.1 Å². The Morgan fingerprint density at radius 1 is 1.23 bits per heavy atom. The molecule has 1 aliphatic heterocycles. The van der Waals surface area contributed by atoms with Crippen LogP contribution in [0.1, 0.15) is 29.2 Å². The van der Waals surface area contributed by atoms with Crippen LogP contribution < -0.4 is 0 Å². The average Bonchev–Trinajstić information content (AvgIpc) is 3.33. The zero-order valence-electron chi connectivity index (χ0n) is 16.6. The number of nitrogens with zero attached hydrogens (tertiary/aromatic N) is 3. The number of hydrogen-bond acceptors (Lipinski definition) is 5. The summed E-state index contributed by atoms with van der Waals surface area (Å²) in [4.78, 5) is 3.75. The fourth-order valence-electron chi connectivity index (χ4n) is 4.00. The number of rotatable bonds is 6. The molecule has 3 aromatic rings. The first-order valence-corrected chi connectivity index (χ1v) is 11.1. The van der Waals surface area contributed by atoms with Crippen LogP contribution in [0, 0.1) is 24.5 Å². The van der Waals surface area contributed by atoms with Gasteiger partial charge in [0.2, 0.25) is 0 Å². The molecule has 0 saturated carbocycles. The molecule has 1 unspecified atom stereocenters. The molecule has 10 heteroatoms. The summed E-state index contributed by atoms with van der Waals surface area (Å²) in [6.07, 6.45) is 2.93. The molecule has 0 bridgehead atoms. The minimum atomic E-state index is -4.33. The molecule has 0 aliphatic carbocycles. The maximum atomic E-state index is 14.4. The van der Waals surface area contributed by atoms with Crippen molar-refractivity contribution in [2.24, 2.45) is 5.92 Å². The third-order valence-electron chi connectivity index (χ3n) is 5.63. The van der Waals surface area contributed by atoms with Crippen molar-refractivity contribution in [2.75, 3.05) is 0 Å². The third kappa shape index (κ3) is 4.81. The van der Waals surface area contributed by atoms with Crippen molar-refractivity contribution in [3.05, 3.63) is 77.4 Å². The third-order valence-corrected chi connectivity index (χ3v) is 6.47. The Hall–Kier alpha value is -2.69. The van der Waals surface area contributed by atoms with Gasteiger partial charge in [-0.2, -0.15) is 13.5 Å². The van der Waals surface area contributed by atoms with Crippen molar-refractivity contribution in [3.63, 3.8) is 0 Å². The van der Waals surface area contributed by atoms with Crippen molar-refractivity contribution >= 4 is 10.1 Å². The highest BCUT2D eigenvalue weighted by Gasteiger charge is 2.37. The van der Waals surface area contributed by atoms with Crippen molar-refractivity contribution < 1.29 is 26.5 Å². The number of aryl methyl sites for hydroxylation is 1. The molecule has 2 heterocycles. The Balaban J connectivity index is 1.63. The predicted molar refractivity (Wildman–Crippen MR) is 107 cm³/mol. The highest BCUT2D eigenvalue weighted by Crippen LogP contribution is 2.40. The molecule has 164 valence electrons. The minimum absolute atomic E-state index is 0.103. The Bertz CT molecular complexity index is 1190. The Labute approximate surface area is 178 Å². The van der Waals surface area contributed by atoms with E-state index in [1.54, 1.807) is 17.1 Å². The van der Waals surface area contributed by atoms with Gasteiger partial charge in [0, 0.05) is 11.6 Å². The smallest absolute Gasteiger partial charge is 0.294 e. The molecule has 0 radical (unpaired) electrons. The van der Waals surface area contributed by atoms with Crippen LogP contribution in [0.5, 0.6) is 0 Å². The Morgan fingerprint density at radius 3 is 2.71 bits per heavy atom. The molecule has 2 aromatic carbocycles. The molecule has 4 rings (SSSR count). The summed E-state index contributed by atoms with van der Waals surface area (Å²) in [6, 6.07) is 7.84. The standard InChI is InChI=1S/C21H21F2N3O4S/c1-13-2-4-17(31(27,28)29)7-14(13)6-15-8-20(18-5-3-16(22)9-19(18)23)30-21(15)10-26-12-24-11-25-26/h2-5,7,9,11-12,15,20-21H,6,8,10H2,1H3,(H,27,28,29)/t15-,20+,21?/m0/s1. The second kappa shape index (κ2) is 8.45. The zero-order valence-corrected chi connectivity index (χ0v) is 17.5. The van der Waals surface area contributed by atoms with E-state index in [1.165, 1.54) is 30.6 Å². The van der Waals surface area contributed by atoms with Gasteiger partial charge in [-0.15, -0.1) is 0 Å². The van der Waals surface area contributed by atoms with E-state index in [4.69, 9.17) is 4.74 Å². The van der Waals surface area contributed by atoms with Gasteiger partial charge in [-0.3, -0.25) is 9.23 Å². The quantitative estimate of drug-likeness (QED) is 0.579. The van der Waals surface area contributed by atoms with Crippen LogP contribution >= 0.6 is 0 Å². The van der Waals surface area contributed by atoms with Gasteiger partial charge in [0.05, 0.1) is 23.6 Å². The van der Waals surface area contributed by atoms with Crippen molar-refractivity contribution in [1.82, 2.24) is 14.8 Å². The predicted octanol–water partition coefficient (Wildman–Crippen LogP) is 3.50. The lowest BCUT2D eigenvalue weighted by molar-refractivity contribution is 0.0198. The molecule has 1 N–H and O–H groups in total. The van der Waals surface area contributed by atoms with Crippen LogP contribution in [0.2, 0.25) is 0 Å². The van der Waals surface area contributed by atoms with Crippen LogP contribution in [0.4, 0.5) is 8.78 Å². The fraction of sp³-hybridized carbons (Fsp3) is 0.333. The Kier molecular flexibility index (Phi) is 5.87. The summed E-state index contributed by atoms with van der Waals surface area (Å²) in [5, 5.41) is 4.10. The maximum absolute atomic E-state index is 14.4. The highest BCUT2D eigenvalue weighted by molar-refractivity contribution is 7.85. The lowest BCUT2D eigenvalue weighted by Crippen LogP contribution is -2.25. The second-order valence-corrected chi connectivity index (χ2v) is 9.13. The van der Waals surface area contributed by atoms with Gasteiger partial charge in [0.25, 0.3) is 10.1 Å². The van der Waals surface area contributed by atoms with Gasteiger partial charge >= 0.3 is 0 Å². The lowest BCUT2D eigenvalue weighted by atomic mass is 9.88. The van der Waals surface area contributed by atoms with E-state index in [9.17, 15) is 21.8 Å². The minimum Gasteiger partial charge on any atom is -0.368 e. The molecular weight excluding hydrogens is 428 g/mol. The number of benzene rings is 2. The number of halogens is 2. The van der Waals surface area contributed by atoms with E-state index >= 15 is 0 Å². The van der Waals surface area contributed by atoms with Gasteiger partial charge < -0.3 is 4.74 Å². The van der Waals surface area contributed by atoms with Crippen LogP contribution in [-0.2, 0) is 27.8 Å². The number of aromatic nitrogens is 3. The molecule has 0 spiro atoms. The van der Waals surface area contributed by atoms with E-state index < -0.39 is 27.9 Å². The molecule has 31 heavy (non-hydrogen) atoms. The summed E-state index contributed by atoms with van der Waals surface area (Å²) in [5.74, 6) is -1.43. The van der Waals surface area contributed by atoms with Crippen molar-refractivity contribution in [3.8, 4) is 0 Å². The van der Waals surface area contributed by atoms with E-state index in [-0.39, 0.29) is 22.5 Å². The molecule has 1 aliphatic rings. The molecular formula is C21H21F2N3O4S. The summed E-state index contributed by atoms with van der Waals surface area (Å²) in [6.45, 7) is 2.23. The largest absolute Gasteiger partial charge is 0.368 e. The molecule has 1 aromatic heterocycles. The van der Waals surface area contributed by atoms with Crippen molar-refractivity contribution in [1.29, 1.82) is 0 Å². The fourth-order valence-corrected chi connectivity index (χ4v) is 4.53. The van der Waals surface area contributed by atoms with Crippen LogP contribution in [0.3, 0.4) is 0 Å². The normalized spacial score (nSPS) is 21.5. The SMILES string of the molecule is Cc1ccc(S(=O)(=O)O)cc1C[C@H]1C[C@H](c2ccc(F)cc2F)OC1Cn1cncn1. The van der Waals surface area contributed by atoms with Crippen LogP contribution in [-0.4, -0.2) is 33.8 Å². The molecule has 3 atom stereocenters. The van der Waals surface area contributed by atoms with E-state index in [2.05, 4.69) is 10.1 Å². The van der Waals surface area contributed by atoms with Gasteiger partial charge in [-0.05, 0) is 55.0 Å². The highest BCUT2D eigenvalue weighted by atomic mass is 32.2. The first kappa shape index (κ1) is 21.5. The average molecular weight is 449 g/mol. The summed E-state index contributed by atoms with van der Waals surface area (Å²) < 4.78 is 68.0. The van der Waals surface area contributed by atoms with Crippen molar-refractivity contribution in [2.45, 2.75) is 43.4 Å². The van der Waals surface area contributed by atoms with E-state index in [0.717, 1.165) is 17.2 Å². The number of ether oxygens (including phenoxy) is 1. The summed E-state index contributed by atoms with van der Waals surface area (Å²) >= 11 is 0. The Morgan fingerprint density at radius 2 is 2.03 bits per heavy atom. The molecule has 1 fully saturated rings. The maximum Gasteiger partial charge on any atom is 0.294 e. The monoisotopic (exact) mass is 449 g/mol. The van der Waals surface area contributed by atoms with Gasteiger partial charge in [-0.25, -0.2) is 13.8 Å². The molecule has 1 saturated heterocycles. The van der Waals surface area contributed by atoms with Crippen LogP contribution in [0.25, 0.3) is 0 Å². The van der Waals surface area contributed by atoms with E-state index in [0.29, 0.717) is 19.4 Å². The second-order valence-electron chi connectivity index (χ2n) is 7.71. The topological polar surface area (TPSA) is 94.3 Å². The molecule has 7 nitrogen and oxygen atoms in total. The number of hydrogen-bond donors (Lipinski definition) is 1. The van der Waals surface area contributed by atoms with Gasteiger partial charge in [0.15, 0.2) is 0 Å².